The summed E-state index contributed by atoms with van der Waals surface area (Å²) in [5.41, 5.74) is 6.00. The molecular weight excluding hydrogens is 218 g/mol. The molecule has 1 aliphatic heterocycles. The lowest BCUT2D eigenvalue weighted by Crippen LogP contribution is -2.26. The van der Waals surface area contributed by atoms with Crippen LogP contribution in [0.2, 0.25) is 0 Å². The van der Waals surface area contributed by atoms with Gasteiger partial charge in [0.05, 0.1) is 5.56 Å². The Morgan fingerprint density at radius 2 is 2.47 bits per heavy atom. The number of nitrogens with two attached hydrogens (primary N) is 1. The van der Waals surface area contributed by atoms with Crippen molar-refractivity contribution in [3.8, 4) is 0 Å². The fraction of sp³-hybridized carbons (Fsp3) is 0.500. The van der Waals surface area contributed by atoms with E-state index in [0.29, 0.717) is 23.8 Å². The van der Waals surface area contributed by atoms with Gasteiger partial charge >= 0.3 is 0 Å². The number of rotatable bonds is 4. The van der Waals surface area contributed by atoms with Crippen molar-refractivity contribution in [3.05, 3.63) is 23.9 Å². The van der Waals surface area contributed by atoms with E-state index >= 15 is 0 Å². The number of anilines is 1. The van der Waals surface area contributed by atoms with Gasteiger partial charge in [0.1, 0.15) is 5.82 Å². The first-order valence-electron chi connectivity index (χ1n) is 5.83. The van der Waals surface area contributed by atoms with Gasteiger partial charge in [-0.2, -0.15) is 0 Å². The fourth-order valence-corrected chi connectivity index (χ4v) is 1.84. The van der Waals surface area contributed by atoms with Gasteiger partial charge in [-0.1, -0.05) is 0 Å². The Morgan fingerprint density at radius 1 is 1.59 bits per heavy atom. The maximum absolute atomic E-state index is 11.7. The third kappa shape index (κ3) is 3.42. The summed E-state index contributed by atoms with van der Waals surface area (Å²) in [5, 5.41) is 2.87. The highest BCUT2D eigenvalue weighted by atomic mass is 16.5. The van der Waals surface area contributed by atoms with E-state index in [-0.39, 0.29) is 5.91 Å². The SMILES string of the molecule is Nc1ccc(C(=O)NCCC2CCOC2)cn1. The number of hydrogen-bond donors (Lipinski definition) is 2. The number of pyridine rings is 1. The van der Waals surface area contributed by atoms with Crippen molar-refractivity contribution < 1.29 is 9.53 Å². The third-order valence-electron chi connectivity index (χ3n) is 2.91. The number of ether oxygens (including phenoxy) is 1. The second-order valence-electron chi connectivity index (χ2n) is 4.25. The molecule has 0 spiro atoms. The lowest BCUT2D eigenvalue weighted by Gasteiger charge is -2.08. The third-order valence-corrected chi connectivity index (χ3v) is 2.91. The molecule has 92 valence electrons. The van der Waals surface area contributed by atoms with Crippen LogP contribution in [0.3, 0.4) is 0 Å². The first kappa shape index (κ1) is 11.9. The van der Waals surface area contributed by atoms with E-state index in [4.69, 9.17) is 10.5 Å². The van der Waals surface area contributed by atoms with Crippen LogP contribution in [0, 0.1) is 5.92 Å². The zero-order valence-corrected chi connectivity index (χ0v) is 9.69. The monoisotopic (exact) mass is 235 g/mol. The van der Waals surface area contributed by atoms with Crippen LogP contribution in [-0.2, 0) is 4.74 Å². The summed E-state index contributed by atoms with van der Waals surface area (Å²) < 4.78 is 5.28. The van der Waals surface area contributed by atoms with Crippen molar-refractivity contribution in [2.75, 3.05) is 25.5 Å². The van der Waals surface area contributed by atoms with Gasteiger partial charge in [0.15, 0.2) is 0 Å². The second kappa shape index (κ2) is 5.63. The standard InChI is InChI=1S/C12H17N3O2/c13-11-2-1-10(7-15-11)12(16)14-5-3-9-4-6-17-8-9/h1-2,7,9H,3-6,8H2,(H2,13,15)(H,14,16). The summed E-state index contributed by atoms with van der Waals surface area (Å²) in [6, 6.07) is 3.30. The molecule has 5 heteroatoms. The number of nitrogens with zero attached hydrogens (tertiary/aromatic N) is 1. The molecule has 1 unspecified atom stereocenters. The molecule has 5 nitrogen and oxygen atoms in total. The first-order chi connectivity index (χ1) is 8.25. The molecule has 1 saturated heterocycles. The molecular formula is C12H17N3O2. The highest BCUT2D eigenvalue weighted by Crippen LogP contribution is 2.15. The topological polar surface area (TPSA) is 77.2 Å². The zero-order chi connectivity index (χ0) is 12.1. The average Bonchev–Trinajstić information content (AvgIpc) is 2.83. The Labute approximate surface area is 100 Å². The number of hydrogen-bond acceptors (Lipinski definition) is 4. The molecule has 1 atom stereocenters. The van der Waals surface area contributed by atoms with Gasteiger partial charge in [0.2, 0.25) is 0 Å². The molecule has 17 heavy (non-hydrogen) atoms. The summed E-state index contributed by atoms with van der Waals surface area (Å²) in [6.07, 6.45) is 3.55. The molecule has 0 aromatic carbocycles. The molecule has 0 saturated carbocycles. The molecule has 1 fully saturated rings. The molecule has 3 N–H and O–H groups in total. The lowest BCUT2D eigenvalue weighted by atomic mass is 10.1. The minimum Gasteiger partial charge on any atom is -0.384 e. The molecule has 1 aliphatic rings. The molecule has 0 aliphatic carbocycles. The number of nitrogens with one attached hydrogen (secondary N) is 1. The van der Waals surface area contributed by atoms with Crippen molar-refractivity contribution in [2.24, 2.45) is 5.92 Å². The van der Waals surface area contributed by atoms with E-state index in [9.17, 15) is 4.79 Å². The van der Waals surface area contributed by atoms with Crippen molar-refractivity contribution in [2.45, 2.75) is 12.8 Å². The van der Waals surface area contributed by atoms with E-state index < -0.39 is 0 Å². The number of amides is 1. The fourth-order valence-electron chi connectivity index (χ4n) is 1.84. The smallest absolute Gasteiger partial charge is 0.252 e. The largest absolute Gasteiger partial charge is 0.384 e. The van der Waals surface area contributed by atoms with Crippen LogP contribution < -0.4 is 11.1 Å². The molecule has 0 bridgehead atoms. The van der Waals surface area contributed by atoms with Crippen LogP contribution in [0.5, 0.6) is 0 Å². The van der Waals surface area contributed by atoms with Crippen LogP contribution >= 0.6 is 0 Å². The molecule has 1 amide bonds. The van der Waals surface area contributed by atoms with Gasteiger partial charge in [0.25, 0.3) is 5.91 Å². The normalized spacial score (nSPS) is 19.2. The second-order valence-corrected chi connectivity index (χ2v) is 4.25. The summed E-state index contributed by atoms with van der Waals surface area (Å²) in [6.45, 7) is 2.34. The van der Waals surface area contributed by atoms with Crippen molar-refractivity contribution in [1.82, 2.24) is 10.3 Å². The van der Waals surface area contributed by atoms with Gasteiger partial charge in [-0.3, -0.25) is 4.79 Å². The van der Waals surface area contributed by atoms with Gasteiger partial charge in [-0.05, 0) is 30.9 Å². The molecule has 1 aromatic rings. The van der Waals surface area contributed by atoms with E-state index in [2.05, 4.69) is 10.3 Å². The van der Waals surface area contributed by atoms with E-state index in [1.54, 1.807) is 12.1 Å². The Morgan fingerprint density at radius 3 is 3.12 bits per heavy atom. The minimum atomic E-state index is -0.101. The number of aromatic nitrogens is 1. The summed E-state index contributed by atoms with van der Waals surface area (Å²) >= 11 is 0. The Hall–Kier alpha value is -1.62. The summed E-state index contributed by atoms with van der Waals surface area (Å²) in [7, 11) is 0. The van der Waals surface area contributed by atoms with Crippen molar-refractivity contribution in [3.63, 3.8) is 0 Å². The van der Waals surface area contributed by atoms with Gasteiger partial charge in [0, 0.05) is 26.0 Å². The summed E-state index contributed by atoms with van der Waals surface area (Å²) in [4.78, 5) is 15.6. The maximum Gasteiger partial charge on any atom is 0.252 e. The number of nitrogen functional groups attached to an aromatic ring is 1. The summed E-state index contributed by atoms with van der Waals surface area (Å²) in [5.74, 6) is 0.904. The van der Waals surface area contributed by atoms with Crippen LogP contribution in [-0.4, -0.2) is 30.6 Å². The van der Waals surface area contributed by atoms with E-state index in [0.717, 1.165) is 26.1 Å². The Balaban J connectivity index is 1.75. The zero-order valence-electron chi connectivity index (χ0n) is 9.69. The van der Waals surface area contributed by atoms with Crippen LogP contribution in [0.25, 0.3) is 0 Å². The van der Waals surface area contributed by atoms with Crippen molar-refractivity contribution >= 4 is 11.7 Å². The highest BCUT2D eigenvalue weighted by Gasteiger charge is 2.15. The van der Waals surface area contributed by atoms with Gasteiger partial charge in [-0.25, -0.2) is 4.98 Å². The minimum absolute atomic E-state index is 0.101. The molecule has 2 heterocycles. The molecule has 0 radical (unpaired) electrons. The molecule has 2 rings (SSSR count). The van der Waals surface area contributed by atoms with E-state index in [1.165, 1.54) is 6.20 Å². The first-order valence-corrected chi connectivity index (χ1v) is 5.83. The number of carbonyl (C=O) groups is 1. The quantitative estimate of drug-likeness (QED) is 0.810. The van der Waals surface area contributed by atoms with Crippen molar-refractivity contribution in [1.29, 1.82) is 0 Å². The Kier molecular flexibility index (Phi) is 3.93. The molecule has 1 aromatic heterocycles. The Bertz CT molecular complexity index is 372. The van der Waals surface area contributed by atoms with Gasteiger partial charge < -0.3 is 15.8 Å². The van der Waals surface area contributed by atoms with Gasteiger partial charge in [-0.15, -0.1) is 0 Å². The highest BCUT2D eigenvalue weighted by molar-refractivity contribution is 5.93. The number of carbonyl (C=O) groups excluding carboxylic acids is 1. The maximum atomic E-state index is 11.7. The van der Waals surface area contributed by atoms with Crippen LogP contribution in [0.15, 0.2) is 18.3 Å². The van der Waals surface area contributed by atoms with Crippen LogP contribution in [0.4, 0.5) is 5.82 Å². The average molecular weight is 235 g/mol. The predicted octanol–water partition coefficient (Wildman–Crippen LogP) is 0.820. The predicted molar refractivity (Wildman–Crippen MR) is 64.5 cm³/mol. The van der Waals surface area contributed by atoms with Crippen LogP contribution in [0.1, 0.15) is 23.2 Å². The van der Waals surface area contributed by atoms with E-state index in [1.807, 2.05) is 0 Å². The lowest BCUT2D eigenvalue weighted by molar-refractivity contribution is 0.0950.